The Morgan fingerprint density at radius 1 is 1.07 bits per heavy atom. The number of hydrogen-bond acceptors (Lipinski definition) is 4. The van der Waals surface area contributed by atoms with Gasteiger partial charge in [0, 0.05) is 44.9 Å². The number of rotatable bonds is 19. The molecule has 44 heavy (non-hydrogen) atoms. The van der Waals surface area contributed by atoms with Crippen molar-refractivity contribution >= 4 is 11.7 Å². The lowest BCUT2D eigenvalue weighted by molar-refractivity contribution is -0.131. The SMILES string of the molecule is C=C(NC(CC(=O)N(C)C[C@H]1[C@@H](C(C)C(=C)C)C1(C)C)C1CC(/C=C\C)=C(/C=C\C)C1)NC(CCC(=O)CC)C(C)(C)CC. The molecular formula is C39H65N3O2. The minimum atomic E-state index is -0.0621. The van der Waals surface area contributed by atoms with E-state index in [4.69, 9.17) is 0 Å². The fourth-order valence-electron chi connectivity index (χ4n) is 7.31. The topological polar surface area (TPSA) is 61.4 Å². The quantitative estimate of drug-likeness (QED) is 0.144. The first-order chi connectivity index (χ1) is 20.5. The lowest BCUT2D eigenvalue weighted by atomic mass is 9.79. The summed E-state index contributed by atoms with van der Waals surface area (Å²) in [6, 6.07) is 0.0400. The highest BCUT2D eigenvalue weighted by molar-refractivity contribution is 5.78. The lowest BCUT2D eigenvalue weighted by Gasteiger charge is -2.37. The zero-order valence-electron chi connectivity index (χ0n) is 30.1. The van der Waals surface area contributed by atoms with Crippen LogP contribution in [-0.4, -0.2) is 42.3 Å². The van der Waals surface area contributed by atoms with Crippen LogP contribution >= 0.6 is 0 Å². The lowest BCUT2D eigenvalue weighted by Crippen LogP contribution is -2.48. The predicted octanol–water partition coefficient (Wildman–Crippen LogP) is 8.76. The molecule has 248 valence electrons. The number of ketones is 1. The Morgan fingerprint density at radius 3 is 2.11 bits per heavy atom. The Labute approximate surface area is 270 Å². The predicted molar refractivity (Wildman–Crippen MR) is 188 cm³/mol. The third-order valence-electron chi connectivity index (χ3n) is 11.1. The summed E-state index contributed by atoms with van der Waals surface area (Å²) in [6.07, 6.45) is 13.8. The molecule has 2 aliphatic carbocycles. The summed E-state index contributed by atoms with van der Waals surface area (Å²) in [7, 11) is 1.97. The largest absolute Gasteiger partial charge is 0.369 e. The minimum absolute atomic E-state index is 0.00813. The van der Waals surface area contributed by atoms with Crippen molar-refractivity contribution in [3.8, 4) is 0 Å². The van der Waals surface area contributed by atoms with Gasteiger partial charge in [-0.3, -0.25) is 9.59 Å². The van der Waals surface area contributed by atoms with Crippen LogP contribution < -0.4 is 10.6 Å². The second-order valence-corrected chi connectivity index (χ2v) is 15.0. The number of Topliss-reactive ketones (excluding diaryl/α,β-unsaturated/α-hetero) is 1. The third kappa shape index (κ3) is 9.72. The van der Waals surface area contributed by atoms with Gasteiger partial charge in [-0.2, -0.15) is 0 Å². The zero-order valence-corrected chi connectivity index (χ0v) is 30.1. The van der Waals surface area contributed by atoms with Crippen LogP contribution in [0, 0.1) is 34.5 Å². The van der Waals surface area contributed by atoms with Crippen LogP contribution in [0.2, 0.25) is 0 Å². The molecule has 0 saturated heterocycles. The minimum Gasteiger partial charge on any atom is -0.369 e. The van der Waals surface area contributed by atoms with Crippen LogP contribution in [0.3, 0.4) is 0 Å². The first-order valence-electron chi connectivity index (χ1n) is 17.1. The Bertz CT molecular complexity index is 1100. The molecule has 0 heterocycles. The third-order valence-corrected chi connectivity index (χ3v) is 11.1. The fraction of sp³-hybridized carbons (Fsp3) is 0.692. The van der Waals surface area contributed by atoms with Crippen molar-refractivity contribution in [3.63, 3.8) is 0 Å². The molecule has 3 unspecified atom stereocenters. The Balaban J connectivity index is 2.24. The van der Waals surface area contributed by atoms with E-state index in [1.807, 2.05) is 18.9 Å². The first-order valence-corrected chi connectivity index (χ1v) is 17.1. The number of carbonyl (C=O) groups excluding carboxylic acids is 2. The van der Waals surface area contributed by atoms with Gasteiger partial charge in [-0.15, -0.1) is 0 Å². The molecule has 2 rings (SSSR count). The number of nitrogens with one attached hydrogen (secondary N) is 2. The summed E-state index contributed by atoms with van der Waals surface area (Å²) in [5, 5.41) is 7.37. The van der Waals surface area contributed by atoms with Gasteiger partial charge in [0.1, 0.15) is 5.78 Å². The van der Waals surface area contributed by atoms with Crippen LogP contribution in [0.5, 0.6) is 0 Å². The maximum Gasteiger partial charge on any atom is 0.224 e. The summed E-state index contributed by atoms with van der Waals surface area (Å²) >= 11 is 0. The second-order valence-electron chi connectivity index (χ2n) is 15.0. The molecule has 1 saturated carbocycles. The van der Waals surface area contributed by atoms with Gasteiger partial charge in [0.15, 0.2) is 0 Å². The molecule has 5 atom stereocenters. The highest BCUT2D eigenvalue weighted by Gasteiger charge is 2.59. The summed E-state index contributed by atoms with van der Waals surface area (Å²) in [6.45, 7) is 31.2. The normalized spacial score (nSPS) is 22.2. The molecule has 0 spiro atoms. The Morgan fingerprint density at radius 2 is 1.64 bits per heavy atom. The summed E-state index contributed by atoms with van der Waals surface area (Å²) < 4.78 is 0. The van der Waals surface area contributed by atoms with Crippen LogP contribution in [0.4, 0.5) is 0 Å². The van der Waals surface area contributed by atoms with Crippen molar-refractivity contribution in [1.29, 1.82) is 0 Å². The maximum atomic E-state index is 13.9. The molecule has 5 nitrogen and oxygen atoms in total. The van der Waals surface area contributed by atoms with Gasteiger partial charge in [-0.05, 0) is 92.1 Å². The van der Waals surface area contributed by atoms with E-state index in [1.165, 1.54) is 16.7 Å². The smallest absolute Gasteiger partial charge is 0.224 e. The van der Waals surface area contributed by atoms with Gasteiger partial charge in [-0.1, -0.05) is 91.5 Å². The molecule has 0 aromatic carbocycles. The average molecular weight is 608 g/mol. The van der Waals surface area contributed by atoms with Gasteiger partial charge in [-0.25, -0.2) is 0 Å². The van der Waals surface area contributed by atoms with Crippen molar-refractivity contribution in [2.45, 2.75) is 126 Å². The Hall–Kier alpha value is -2.56. The summed E-state index contributed by atoms with van der Waals surface area (Å²) in [5.41, 5.74) is 4.12. The van der Waals surface area contributed by atoms with Gasteiger partial charge < -0.3 is 15.5 Å². The first kappa shape index (κ1) is 37.6. The van der Waals surface area contributed by atoms with E-state index < -0.39 is 0 Å². The molecule has 0 bridgehead atoms. The molecular weight excluding hydrogens is 542 g/mol. The van der Waals surface area contributed by atoms with Crippen molar-refractivity contribution < 1.29 is 9.59 Å². The number of hydrogen-bond donors (Lipinski definition) is 2. The van der Waals surface area contributed by atoms with Crippen LogP contribution in [0.25, 0.3) is 0 Å². The highest BCUT2D eigenvalue weighted by atomic mass is 16.2. The second kappa shape index (κ2) is 16.1. The molecule has 0 aromatic heterocycles. The van der Waals surface area contributed by atoms with Crippen molar-refractivity contribution in [3.05, 3.63) is 60.0 Å². The molecule has 0 radical (unpaired) electrons. The standard InChI is InChI=1S/C39H65N3O2/c1-14-18-29-22-31(23-30(29)19-15-2)34(40-28(8)41-35(38(9,10)17-4)21-20-32(43)16-3)24-36(44)42(13)25-33-37(39(33,11)12)27(7)26(5)6/h14-15,18-19,27,31,33-35,37,40-41H,5,8,16-17,20-25H2,1-4,6-7,9-13H3/b18-14-,19-15-/t27?,33-,34?,35?,37+/m0/s1. The van der Waals surface area contributed by atoms with Gasteiger partial charge in [0.25, 0.3) is 0 Å². The fourth-order valence-corrected chi connectivity index (χ4v) is 7.31. The van der Waals surface area contributed by atoms with Crippen LogP contribution in [0.1, 0.15) is 114 Å². The van der Waals surface area contributed by atoms with E-state index in [-0.39, 0.29) is 40.5 Å². The number of allylic oxidation sites excluding steroid dienone is 7. The number of nitrogens with zero attached hydrogens (tertiary/aromatic N) is 1. The van der Waals surface area contributed by atoms with E-state index in [0.29, 0.717) is 37.0 Å². The Kier molecular flexibility index (Phi) is 13.8. The average Bonchev–Trinajstić information content (AvgIpc) is 3.27. The van der Waals surface area contributed by atoms with Crippen LogP contribution in [-0.2, 0) is 9.59 Å². The molecule has 2 N–H and O–H groups in total. The molecule has 1 amide bonds. The molecule has 0 aliphatic heterocycles. The van der Waals surface area contributed by atoms with Gasteiger partial charge >= 0.3 is 0 Å². The number of carbonyl (C=O) groups is 2. The molecule has 0 aromatic rings. The zero-order chi connectivity index (χ0) is 33.4. The summed E-state index contributed by atoms with van der Waals surface area (Å²) in [4.78, 5) is 28.0. The summed E-state index contributed by atoms with van der Waals surface area (Å²) in [5.74, 6) is 2.96. The van der Waals surface area contributed by atoms with Crippen LogP contribution in [0.15, 0.2) is 60.0 Å². The van der Waals surface area contributed by atoms with E-state index in [0.717, 1.165) is 38.0 Å². The molecule has 5 heteroatoms. The van der Waals surface area contributed by atoms with E-state index >= 15 is 0 Å². The van der Waals surface area contributed by atoms with E-state index in [2.05, 4.69) is 110 Å². The highest BCUT2D eigenvalue weighted by Crippen LogP contribution is 2.62. The van der Waals surface area contributed by atoms with Gasteiger partial charge in [0.05, 0.1) is 5.82 Å². The van der Waals surface area contributed by atoms with E-state index in [9.17, 15) is 9.59 Å². The van der Waals surface area contributed by atoms with Crippen molar-refractivity contribution in [2.24, 2.45) is 34.5 Å². The maximum absolute atomic E-state index is 13.9. The van der Waals surface area contributed by atoms with Gasteiger partial charge in [0.2, 0.25) is 5.91 Å². The van der Waals surface area contributed by atoms with Crippen molar-refractivity contribution in [2.75, 3.05) is 13.6 Å². The molecule has 1 fully saturated rings. The van der Waals surface area contributed by atoms with Crippen molar-refractivity contribution in [1.82, 2.24) is 15.5 Å². The monoisotopic (exact) mass is 608 g/mol. The molecule has 2 aliphatic rings. The van der Waals surface area contributed by atoms with E-state index in [1.54, 1.807) is 0 Å². The number of amides is 1.